The maximum atomic E-state index is 9.90. The van der Waals surface area contributed by atoms with Gasteiger partial charge in [-0.15, -0.1) is 0 Å². The standard InChI is InChI=1S/C11H17N3O/c15-9-3-1-5-12-11(9)8-7-14-6-2-4-10(14)13-8/h7,9,11-12,15H,1-6H2. The molecule has 1 aromatic rings. The third-order valence-corrected chi connectivity index (χ3v) is 3.42. The highest BCUT2D eigenvalue weighted by molar-refractivity contribution is 5.13. The van der Waals surface area contributed by atoms with Gasteiger partial charge in [0.15, 0.2) is 0 Å². The zero-order chi connectivity index (χ0) is 10.3. The molecule has 2 aliphatic heterocycles. The normalized spacial score (nSPS) is 30.5. The van der Waals surface area contributed by atoms with E-state index < -0.39 is 0 Å². The minimum Gasteiger partial charge on any atom is -0.391 e. The smallest absolute Gasteiger partial charge is 0.109 e. The number of piperidine rings is 1. The van der Waals surface area contributed by atoms with Crippen LogP contribution >= 0.6 is 0 Å². The van der Waals surface area contributed by atoms with Gasteiger partial charge in [0.05, 0.1) is 17.8 Å². The monoisotopic (exact) mass is 207 g/mol. The van der Waals surface area contributed by atoms with Gasteiger partial charge in [0.2, 0.25) is 0 Å². The van der Waals surface area contributed by atoms with Crippen molar-refractivity contribution in [1.82, 2.24) is 14.9 Å². The average molecular weight is 207 g/mol. The first-order valence-electron chi connectivity index (χ1n) is 5.82. The third kappa shape index (κ3) is 1.58. The molecule has 1 fully saturated rings. The van der Waals surface area contributed by atoms with Crippen LogP contribution in [0.1, 0.15) is 36.8 Å². The summed E-state index contributed by atoms with van der Waals surface area (Å²) in [5, 5.41) is 13.2. The molecule has 2 aliphatic rings. The van der Waals surface area contributed by atoms with Crippen LogP contribution in [0.15, 0.2) is 6.20 Å². The van der Waals surface area contributed by atoms with Crippen LogP contribution in [0.25, 0.3) is 0 Å². The second-order valence-corrected chi connectivity index (χ2v) is 4.52. The summed E-state index contributed by atoms with van der Waals surface area (Å²) in [7, 11) is 0. The van der Waals surface area contributed by atoms with Gasteiger partial charge in [0.1, 0.15) is 5.82 Å². The van der Waals surface area contributed by atoms with Crippen molar-refractivity contribution in [2.45, 2.75) is 44.4 Å². The fraction of sp³-hybridized carbons (Fsp3) is 0.727. The molecule has 3 heterocycles. The van der Waals surface area contributed by atoms with Crippen molar-refractivity contribution in [1.29, 1.82) is 0 Å². The highest BCUT2D eigenvalue weighted by Gasteiger charge is 2.27. The number of imidazole rings is 1. The van der Waals surface area contributed by atoms with Gasteiger partial charge in [-0.3, -0.25) is 0 Å². The number of nitrogens with zero attached hydrogens (tertiary/aromatic N) is 2. The molecule has 0 spiro atoms. The molecule has 2 atom stereocenters. The number of hydrogen-bond acceptors (Lipinski definition) is 3. The molecule has 0 radical (unpaired) electrons. The van der Waals surface area contributed by atoms with Crippen LogP contribution in [-0.4, -0.2) is 27.3 Å². The second kappa shape index (κ2) is 3.61. The molecule has 0 aromatic carbocycles. The van der Waals surface area contributed by atoms with Gasteiger partial charge in [-0.1, -0.05) is 0 Å². The van der Waals surface area contributed by atoms with Crippen molar-refractivity contribution in [3.8, 4) is 0 Å². The number of fused-ring (bicyclic) bond motifs is 1. The van der Waals surface area contributed by atoms with E-state index >= 15 is 0 Å². The molecule has 15 heavy (non-hydrogen) atoms. The summed E-state index contributed by atoms with van der Waals surface area (Å²) >= 11 is 0. The topological polar surface area (TPSA) is 50.1 Å². The van der Waals surface area contributed by atoms with Crippen LogP contribution in [0.2, 0.25) is 0 Å². The molecule has 3 rings (SSSR count). The Balaban J connectivity index is 1.85. The molecule has 4 heteroatoms. The molecule has 0 bridgehead atoms. The molecular weight excluding hydrogens is 190 g/mol. The Bertz CT molecular complexity index is 339. The second-order valence-electron chi connectivity index (χ2n) is 4.52. The summed E-state index contributed by atoms with van der Waals surface area (Å²) in [6.07, 6.45) is 6.08. The highest BCUT2D eigenvalue weighted by atomic mass is 16.3. The first kappa shape index (κ1) is 9.36. The van der Waals surface area contributed by atoms with E-state index in [1.165, 1.54) is 12.2 Å². The Kier molecular flexibility index (Phi) is 2.25. The maximum Gasteiger partial charge on any atom is 0.109 e. The van der Waals surface area contributed by atoms with Crippen molar-refractivity contribution in [3.05, 3.63) is 17.7 Å². The molecule has 1 aromatic heterocycles. The molecule has 0 saturated carbocycles. The van der Waals surface area contributed by atoms with Gasteiger partial charge in [-0.25, -0.2) is 4.98 Å². The Morgan fingerprint density at radius 3 is 3.20 bits per heavy atom. The van der Waals surface area contributed by atoms with Crippen LogP contribution < -0.4 is 5.32 Å². The Hall–Kier alpha value is -0.870. The summed E-state index contributed by atoms with van der Waals surface area (Å²) in [5.41, 5.74) is 1.02. The first-order chi connectivity index (χ1) is 7.34. The fourth-order valence-electron chi connectivity index (χ4n) is 2.60. The largest absolute Gasteiger partial charge is 0.391 e. The van der Waals surface area contributed by atoms with Crippen molar-refractivity contribution >= 4 is 0 Å². The van der Waals surface area contributed by atoms with E-state index in [0.717, 1.165) is 38.0 Å². The predicted octanol–water partition coefficient (Wildman–Crippen LogP) is 0.615. The Morgan fingerprint density at radius 1 is 1.47 bits per heavy atom. The molecule has 0 amide bonds. The first-order valence-corrected chi connectivity index (χ1v) is 5.82. The molecular formula is C11H17N3O. The van der Waals surface area contributed by atoms with Crippen LogP contribution in [0.4, 0.5) is 0 Å². The fourth-order valence-corrected chi connectivity index (χ4v) is 2.60. The lowest BCUT2D eigenvalue weighted by Gasteiger charge is -2.27. The van der Waals surface area contributed by atoms with Crippen molar-refractivity contribution in [2.75, 3.05) is 6.54 Å². The molecule has 4 nitrogen and oxygen atoms in total. The minimum atomic E-state index is -0.269. The molecule has 2 unspecified atom stereocenters. The lowest BCUT2D eigenvalue weighted by atomic mass is 9.99. The Labute approximate surface area is 89.3 Å². The van der Waals surface area contributed by atoms with Gasteiger partial charge in [0, 0.05) is 19.2 Å². The highest BCUT2D eigenvalue weighted by Crippen LogP contribution is 2.25. The summed E-state index contributed by atoms with van der Waals surface area (Å²) in [6, 6.07) is 0.0526. The van der Waals surface area contributed by atoms with E-state index in [1.807, 2.05) is 0 Å². The summed E-state index contributed by atoms with van der Waals surface area (Å²) in [5.74, 6) is 1.18. The lowest BCUT2D eigenvalue weighted by molar-refractivity contribution is 0.0948. The molecule has 82 valence electrons. The van der Waals surface area contributed by atoms with E-state index in [9.17, 15) is 5.11 Å². The molecule has 2 N–H and O–H groups in total. The van der Waals surface area contributed by atoms with E-state index in [-0.39, 0.29) is 12.1 Å². The van der Waals surface area contributed by atoms with Crippen LogP contribution in [0, 0.1) is 0 Å². The predicted molar refractivity (Wildman–Crippen MR) is 56.5 cm³/mol. The van der Waals surface area contributed by atoms with Crippen LogP contribution in [0.3, 0.4) is 0 Å². The molecule has 1 saturated heterocycles. The van der Waals surface area contributed by atoms with Crippen molar-refractivity contribution in [2.24, 2.45) is 0 Å². The van der Waals surface area contributed by atoms with E-state index in [4.69, 9.17) is 0 Å². The average Bonchev–Trinajstić information content (AvgIpc) is 2.77. The van der Waals surface area contributed by atoms with E-state index in [0.29, 0.717) is 0 Å². The number of aromatic nitrogens is 2. The third-order valence-electron chi connectivity index (χ3n) is 3.42. The SMILES string of the molecule is OC1CCCNC1c1cn2c(n1)CCC2. The lowest BCUT2D eigenvalue weighted by Crippen LogP contribution is -2.37. The summed E-state index contributed by atoms with van der Waals surface area (Å²) in [4.78, 5) is 4.61. The van der Waals surface area contributed by atoms with Crippen molar-refractivity contribution in [3.63, 3.8) is 0 Å². The van der Waals surface area contributed by atoms with Gasteiger partial charge in [-0.2, -0.15) is 0 Å². The number of nitrogens with one attached hydrogen (secondary N) is 1. The van der Waals surface area contributed by atoms with Crippen LogP contribution in [-0.2, 0) is 13.0 Å². The Morgan fingerprint density at radius 2 is 2.40 bits per heavy atom. The van der Waals surface area contributed by atoms with E-state index in [1.54, 1.807) is 0 Å². The summed E-state index contributed by atoms with van der Waals surface area (Å²) in [6.45, 7) is 2.08. The zero-order valence-electron chi connectivity index (χ0n) is 8.82. The van der Waals surface area contributed by atoms with Crippen molar-refractivity contribution < 1.29 is 5.11 Å². The quantitative estimate of drug-likeness (QED) is 0.709. The van der Waals surface area contributed by atoms with Crippen LogP contribution in [0.5, 0.6) is 0 Å². The number of hydrogen-bond donors (Lipinski definition) is 2. The van der Waals surface area contributed by atoms with Gasteiger partial charge < -0.3 is 15.0 Å². The van der Waals surface area contributed by atoms with Gasteiger partial charge in [0.25, 0.3) is 0 Å². The van der Waals surface area contributed by atoms with Gasteiger partial charge in [-0.05, 0) is 25.8 Å². The minimum absolute atomic E-state index is 0.0526. The maximum absolute atomic E-state index is 9.90. The number of aliphatic hydroxyl groups is 1. The summed E-state index contributed by atoms with van der Waals surface area (Å²) < 4.78 is 2.22. The van der Waals surface area contributed by atoms with Gasteiger partial charge >= 0.3 is 0 Å². The number of aliphatic hydroxyl groups excluding tert-OH is 1. The number of rotatable bonds is 1. The number of aryl methyl sites for hydroxylation is 2. The zero-order valence-corrected chi connectivity index (χ0v) is 8.82. The van der Waals surface area contributed by atoms with E-state index in [2.05, 4.69) is 21.1 Å². The molecule has 0 aliphatic carbocycles.